The molecule has 1 heterocycles. The highest BCUT2D eigenvalue weighted by Gasteiger charge is 2.21. The summed E-state index contributed by atoms with van der Waals surface area (Å²) >= 11 is 3.84. The summed E-state index contributed by atoms with van der Waals surface area (Å²) in [5, 5.41) is 3.48. The maximum absolute atomic E-state index is 5.85. The molecule has 6 heteroatoms. The minimum atomic E-state index is 0.486. The average Bonchev–Trinajstić information content (AvgIpc) is 3.23. The monoisotopic (exact) mass is 507 g/mol. The molecule has 0 aliphatic carbocycles. The molecule has 0 unspecified atom stereocenters. The van der Waals surface area contributed by atoms with Crippen molar-refractivity contribution < 1.29 is 9.47 Å². The number of aromatic nitrogens is 2. The number of hydrogen-bond acceptors (Lipinski definition) is 4. The van der Waals surface area contributed by atoms with Crippen LogP contribution in [-0.4, -0.2) is 30.4 Å². The van der Waals surface area contributed by atoms with Gasteiger partial charge in [0.25, 0.3) is 0 Å². The molecule has 3 aromatic carbocycles. The molecule has 0 saturated heterocycles. The lowest BCUT2D eigenvalue weighted by Crippen LogP contribution is -2.07. The van der Waals surface area contributed by atoms with Crippen LogP contribution in [0, 0.1) is 0 Å². The highest BCUT2D eigenvalue weighted by Crippen LogP contribution is 2.38. The van der Waals surface area contributed by atoms with Crippen molar-refractivity contribution in [2.75, 3.05) is 26.1 Å². The van der Waals surface area contributed by atoms with E-state index in [1.54, 1.807) is 14.2 Å². The van der Waals surface area contributed by atoms with Crippen LogP contribution in [-0.2, 0) is 17.8 Å². The van der Waals surface area contributed by atoms with Crippen LogP contribution in [0.15, 0.2) is 65.1 Å². The highest BCUT2D eigenvalue weighted by molar-refractivity contribution is 9.10. The number of para-hydroxylation sites is 1. The fraction of sp³-hybridized carbons (Fsp3) is 0.296. The quantitative estimate of drug-likeness (QED) is 0.269. The summed E-state index contributed by atoms with van der Waals surface area (Å²) < 4.78 is 14.4. The van der Waals surface area contributed by atoms with Crippen LogP contribution in [0.1, 0.15) is 30.9 Å². The number of anilines is 1. The van der Waals surface area contributed by atoms with E-state index in [2.05, 4.69) is 82.1 Å². The Morgan fingerprint density at radius 2 is 1.76 bits per heavy atom. The summed E-state index contributed by atoms with van der Waals surface area (Å²) in [7, 11) is 3.43. The Morgan fingerprint density at radius 1 is 1.03 bits per heavy atom. The Balaban J connectivity index is 1.81. The van der Waals surface area contributed by atoms with Gasteiger partial charge in [0.05, 0.1) is 18.2 Å². The average molecular weight is 508 g/mol. The number of hydrogen-bond donors (Lipinski definition) is 1. The fourth-order valence-electron chi connectivity index (χ4n) is 3.97. The van der Waals surface area contributed by atoms with Gasteiger partial charge in [-0.3, -0.25) is 0 Å². The molecule has 4 rings (SSSR count). The van der Waals surface area contributed by atoms with Crippen LogP contribution in [0.3, 0.4) is 0 Å². The Kier molecular flexibility index (Phi) is 7.36. The van der Waals surface area contributed by atoms with Gasteiger partial charge in [-0.2, -0.15) is 0 Å². The molecule has 0 aliphatic rings. The van der Waals surface area contributed by atoms with E-state index in [0.29, 0.717) is 25.6 Å². The molecule has 1 aromatic heterocycles. The van der Waals surface area contributed by atoms with Gasteiger partial charge in [0.2, 0.25) is 0 Å². The van der Waals surface area contributed by atoms with Gasteiger partial charge in [-0.1, -0.05) is 56.3 Å². The van der Waals surface area contributed by atoms with Gasteiger partial charge in [0, 0.05) is 31.5 Å². The lowest BCUT2D eigenvalue weighted by Gasteiger charge is -2.14. The number of nitrogens with one attached hydrogen (secondary N) is 1. The molecule has 0 amide bonds. The molecule has 4 aromatic rings. The second kappa shape index (κ2) is 10.4. The molecule has 0 radical (unpaired) electrons. The summed E-state index contributed by atoms with van der Waals surface area (Å²) in [6.07, 6.45) is 0. The van der Waals surface area contributed by atoms with Gasteiger partial charge < -0.3 is 19.4 Å². The van der Waals surface area contributed by atoms with Crippen LogP contribution in [0.2, 0.25) is 0 Å². The maximum Gasteiger partial charge on any atom is 0.145 e. The number of fused-ring (bicyclic) bond motifs is 1. The zero-order chi connectivity index (χ0) is 23.4. The van der Waals surface area contributed by atoms with E-state index < -0.39 is 0 Å². The predicted octanol–water partition coefficient (Wildman–Crippen LogP) is 6.86. The molecule has 5 nitrogen and oxygen atoms in total. The van der Waals surface area contributed by atoms with E-state index in [9.17, 15) is 0 Å². The SMILES string of the molecule is COCCn1c(-c2ccc(C(C)C)cc2)nc2c(Br)c(CNc3ccccc3)cc(OC)c21. The number of nitrogens with zero attached hydrogens (tertiary/aromatic N) is 2. The van der Waals surface area contributed by atoms with Crippen molar-refractivity contribution in [1.29, 1.82) is 0 Å². The Bertz CT molecular complexity index is 1220. The summed E-state index contributed by atoms with van der Waals surface area (Å²) in [4.78, 5) is 5.09. The van der Waals surface area contributed by atoms with Gasteiger partial charge in [-0.05, 0) is 51.2 Å². The molecule has 0 atom stereocenters. The lowest BCUT2D eigenvalue weighted by atomic mass is 10.0. The summed E-state index contributed by atoms with van der Waals surface area (Å²) in [6.45, 7) is 6.32. The van der Waals surface area contributed by atoms with E-state index in [-0.39, 0.29) is 0 Å². The van der Waals surface area contributed by atoms with Crippen molar-refractivity contribution in [3.05, 3.63) is 76.3 Å². The number of ether oxygens (including phenoxy) is 2. The minimum absolute atomic E-state index is 0.486. The summed E-state index contributed by atoms with van der Waals surface area (Å²) in [5.41, 5.74) is 6.39. The van der Waals surface area contributed by atoms with Crippen molar-refractivity contribution in [3.8, 4) is 17.1 Å². The van der Waals surface area contributed by atoms with Crippen LogP contribution in [0.4, 0.5) is 5.69 Å². The van der Waals surface area contributed by atoms with Gasteiger partial charge >= 0.3 is 0 Å². The van der Waals surface area contributed by atoms with Crippen molar-refractivity contribution in [3.63, 3.8) is 0 Å². The molecule has 0 fully saturated rings. The van der Waals surface area contributed by atoms with Crippen LogP contribution >= 0.6 is 15.9 Å². The highest BCUT2D eigenvalue weighted by atomic mass is 79.9. The topological polar surface area (TPSA) is 48.3 Å². The van der Waals surface area contributed by atoms with Crippen LogP contribution in [0.5, 0.6) is 5.75 Å². The second-order valence-electron chi connectivity index (χ2n) is 8.33. The van der Waals surface area contributed by atoms with E-state index in [1.807, 2.05) is 18.2 Å². The third kappa shape index (κ3) is 4.92. The summed E-state index contributed by atoms with van der Waals surface area (Å²) in [6, 6.07) is 20.9. The second-order valence-corrected chi connectivity index (χ2v) is 9.12. The molecule has 0 bridgehead atoms. The minimum Gasteiger partial charge on any atom is -0.494 e. The number of methoxy groups -OCH3 is 2. The lowest BCUT2D eigenvalue weighted by molar-refractivity contribution is 0.188. The Morgan fingerprint density at radius 3 is 2.39 bits per heavy atom. The van der Waals surface area contributed by atoms with Crippen molar-refractivity contribution >= 4 is 32.7 Å². The van der Waals surface area contributed by atoms with Gasteiger partial charge in [0.15, 0.2) is 0 Å². The van der Waals surface area contributed by atoms with Gasteiger partial charge in [-0.15, -0.1) is 0 Å². The maximum atomic E-state index is 5.85. The molecule has 0 saturated carbocycles. The number of imidazole rings is 1. The van der Waals surface area contributed by atoms with E-state index in [0.717, 1.165) is 43.9 Å². The zero-order valence-corrected chi connectivity index (χ0v) is 21.1. The van der Waals surface area contributed by atoms with Crippen molar-refractivity contribution in [2.24, 2.45) is 0 Å². The number of benzene rings is 3. The molecule has 1 N–H and O–H groups in total. The molecule has 172 valence electrons. The molecule has 33 heavy (non-hydrogen) atoms. The molecular formula is C27H30BrN3O2. The summed E-state index contributed by atoms with van der Waals surface area (Å²) in [5.74, 6) is 2.19. The molecule has 0 aliphatic heterocycles. The Labute approximate surface area is 203 Å². The van der Waals surface area contributed by atoms with Crippen molar-refractivity contribution in [2.45, 2.75) is 32.9 Å². The first-order valence-electron chi connectivity index (χ1n) is 11.2. The standard InChI is InChI=1S/C27H30BrN3O2/c1-18(2)19-10-12-20(13-11-19)27-30-25-24(28)21(17-29-22-8-6-5-7-9-22)16-23(33-4)26(25)31(27)14-15-32-3/h5-13,16,18,29H,14-15,17H2,1-4H3. The van der Waals surface area contributed by atoms with Crippen LogP contribution < -0.4 is 10.1 Å². The number of halogens is 1. The largest absolute Gasteiger partial charge is 0.494 e. The van der Waals surface area contributed by atoms with Crippen LogP contribution in [0.25, 0.3) is 22.4 Å². The van der Waals surface area contributed by atoms with Gasteiger partial charge in [0.1, 0.15) is 22.6 Å². The Hall–Kier alpha value is -2.83. The third-order valence-corrected chi connectivity index (χ3v) is 6.71. The van der Waals surface area contributed by atoms with E-state index in [1.165, 1.54) is 5.56 Å². The normalized spacial score (nSPS) is 11.3. The van der Waals surface area contributed by atoms with Crippen molar-refractivity contribution in [1.82, 2.24) is 9.55 Å². The van der Waals surface area contributed by atoms with E-state index >= 15 is 0 Å². The molecular weight excluding hydrogens is 478 g/mol. The number of rotatable bonds is 9. The third-order valence-electron chi connectivity index (χ3n) is 5.83. The van der Waals surface area contributed by atoms with Gasteiger partial charge in [-0.25, -0.2) is 4.98 Å². The first kappa shape index (κ1) is 23.3. The first-order chi connectivity index (χ1) is 16.0. The first-order valence-corrected chi connectivity index (χ1v) is 12.0. The zero-order valence-electron chi connectivity index (χ0n) is 19.6. The van der Waals surface area contributed by atoms with E-state index in [4.69, 9.17) is 14.5 Å². The smallest absolute Gasteiger partial charge is 0.145 e. The molecule has 0 spiro atoms. The predicted molar refractivity (Wildman–Crippen MR) is 139 cm³/mol. The fourth-order valence-corrected chi connectivity index (χ4v) is 4.50.